The van der Waals surface area contributed by atoms with Gasteiger partial charge in [-0.1, -0.05) is 61.4 Å². The molecule has 100 valence electrons. The van der Waals surface area contributed by atoms with Crippen LogP contribution in [0.4, 0.5) is 0 Å². The van der Waals surface area contributed by atoms with Gasteiger partial charge in [-0.15, -0.1) is 10.2 Å². The number of rotatable bonds is 4. The molecule has 1 aliphatic carbocycles. The highest BCUT2D eigenvalue weighted by Gasteiger charge is 2.18. The van der Waals surface area contributed by atoms with Crippen LogP contribution in [0.3, 0.4) is 0 Å². The standard InChI is InChI=1S/C15H19N3S/c1-3-7-13(8-4-1)11-19-15-17-16-12-18(15)14-9-5-2-6-10-14/h1,3-4,7-8,12,14H,2,5-6,9-11H2. The van der Waals surface area contributed by atoms with Gasteiger partial charge in [0, 0.05) is 11.8 Å². The Hall–Kier alpha value is -1.29. The third-order valence-electron chi connectivity index (χ3n) is 3.72. The Morgan fingerprint density at radius 1 is 1.11 bits per heavy atom. The highest BCUT2D eigenvalue weighted by Crippen LogP contribution is 2.31. The fraction of sp³-hybridized carbons (Fsp3) is 0.467. The lowest BCUT2D eigenvalue weighted by atomic mass is 9.95. The summed E-state index contributed by atoms with van der Waals surface area (Å²) in [7, 11) is 0. The van der Waals surface area contributed by atoms with Crippen molar-refractivity contribution in [3.63, 3.8) is 0 Å². The van der Waals surface area contributed by atoms with Gasteiger partial charge < -0.3 is 4.57 Å². The summed E-state index contributed by atoms with van der Waals surface area (Å²) in [5.41, 5.74) is 1.34. The molecule has 1 aromatic heterocycles. The van der Waals surface area contributed by atoms with Crippen molar-refractivity contribution in [3.05, 3.63) is 42.2 Å². The van der Waals surface area contributed by atoms with Crippen molar-refractivity contribution in [3.8, 4) is 0 Å². The second kappa shape index (κ2) is 6.24. The second-order valence-electron chi connectivity index (χ2n) is 5.09. The Morgan fingerprint density at radius 3 is 2.68 bits per heavy atom. The van der Waals surface area contributed by atoms with E-state index < -0.39 is 0 Å². The lowest BCUT2D eigenvalue weighted by molar-refractivity contribution is 0.336. The van der Waals surface area contributed by atoms with E-state index in [4.69, 9.17) is 0 Å². The maximum absolute atomic E-state index is 4.28. The van der Waals surface area contributed by atoms with Gasteiger partial charge in [-0.25, -0.2) is 0 Å². The van der Waals surface area contributed by atoms with E-state index in [1.165, 1.54) is 37.7 Å². The second-order valence-corrected chi connectivity index (χ2v) is 6.03. The monoisotopic (exact) mass is 273 g/mol. The van der Waals surface area contributed by atoms with Crippen molar-refractivity contribution < 1.29 is 0 Å². The van der Waals surface area contributed by atoms with Gasteiger partial charge in [-0.3, -0.25) is 0 Å². The molecule has 1 saturated carbocycles. The summed E-state index contributed by atoms with van der Waals surface area (Å²) in [4.78, 5) is 0. The Morgan fingerprint density at radius 2 is 1.89 bits per heavy atom. The number of benzene rings is 1. The fourth-order valence-electron chi connectivity index (χ4n) is 2.67. The zero-order chi connectivity index (χ0) is 12.9. The predicted octanol–water partition coefficient (Wildman–Crippen LogP) is 4.08. The van der Waals surface area contributed by atoms with Crippen LogP contribution in [-0.2, 0) is 5.75 Å². The molecule has 4 heteroatoms. The Kier molecular flexibility index (Phi) is 4.18. The van der Waals surface area contributed by atoms with Crippen LogP contribution in [0.15, 0.2) is 41.8 Å². The Balaban J connectivity index is 1.66. The molecule has 1 aromatic carbocycles. The first-order valence-electron chi connectivity index (χ1n) is 7.00. The molecule has 1 aliphatic rings. The van der Waals surface area contributed by atoms with E-state index in [1.54, 1.807) is 11.8 Å². The molecular formula is C15H19N3S. The molecule has 3 rings (SSSR count). The van der Waals surface area contributed by atoms with Crippen LogP contribution in [0.2, 0.25) is 0 Å². The Bertz CT molecular complexity index is 503. The minimum atomic E-state index is 0.613. The van der Waals surface area contributed by atoms with E-state index in [9.17, 15) is 0 Å². The lowest BCUT2D eigenvalue weighted by Gasteiger charge is -2.23. The third-order valence-corrected chi connectivity index (χ3v) is 4.75. The molecule has 2 aromatic rings. The summed E-state index contributed by atoms with van der Waals surface area (Å²) in [6.45, 7) is 0. The van der Waals surface area contributed by atoms with Crippen molar-refractivity contribution in [2.45, 2.75) is 49.1 Å². The van der Waals surface area contributed by atoms with Crippen LogP contribution in [0.5, 0.6) is 0 Å². The Labute approximate surface area is 118 Å². The van der Waals surface area contributed by atoms with Gasteiger partial charge in [0.25, 0.3) is 0 Å². The zero-order valence-corrected chi connectivity index (χ0v) is 11.9. The number of aromatic nitrogens is 3. The molecule has 0 amide bonds. The van der Waals surface area contributed by atoms with Crippen molar-refractivity contribution in [2.24, 2.45) is 0 Å². The average molecular weight is 273 g/mol. The van der Waals surface area contributed by atoms with E-state index in [1.807, 2.05) is 6.33 Å². The molecule has 0 saturated heterocycles. The molecule has 0 atom stereocenters. The molecule has 1 fully saturated rings. The molecule has 0 radical (unpaired) electrons. The molecule has 0 spiro atoms. The lowest BCUT2D eigenvalue weighted by Crippen LogP contribution is -2.12. The number of thioether (sulfide) groups is 1. The van der Waals surface area contributed by atoms with Crippen molar-refractivity contribution in [1.29, 1.82) is 0 Å². The van der Waals surface area contributed by atoms with Crippen molar-refractivity contribution >= 4 is 11.8 Å². The fourth-order valence-corrected chi connectivity index (χ4v) is 3.61. The highest BCUT2D eigenvalue weighted by molar-refractivity contribution is 7.98. The van der Waals surface area contributed by atoms with Crippen LogP contribution in [0.1, 0.15) is 43.7 Å². The number of hydrogen-bond acceptors (Lipinski definition) is 3. The van der Waals surface area contributed by atoms with E-state index in [-0.39, 0.29) is 0 Å². The molecule has 0 bridgehead atoms. The van der Waals surface area contributed by atoms with E-state index >= 15 is 0 Å². The van der Waals surface area contributed by atoms with Gasteiger partial charge >= 0.3 is 0 Å². The van der Waals surface area contributed by atoms with Crippen molar-refractivity contribution in [1.82, 2.24) is 14.8 Å². The molecule has 0 unspecified atom stereocenters. The first kappa shape index (κ1) is 12.7. The SMILES string of the molecule is c1ccc(CSc2nncn2C2CCCCC2)cc1. The summed E-state index contributed by atoms with van der Waals surface area (Å²) in [5, 5.41) is 9.45. The van der Waals surface area contributed by atoms with E-state index in [0.29, 0.717) is 6.04 Å². The van der Waals surface area contributed by atoms with Crippen LogP contribution in [0, 0.1) is 0 Å². The molecule has 1 heterocycles. The third kappa shape index (κ3) is 3.18. The number of nitrogens with zero attached hydrogens (tertiary/aromatic N) is 3. The maximum Gasteiger partial charge on any atom is 0.191 e. The van der Waals surface area contributed by atoms with E-state index in [2.05, 4.69) is 45.1 Å². The number of hydrogen-bond donors (Lipinski definition) is 0. The maximum atomic E-state index is 4.28. The van der Waals surface area contributed by atoms with E-state index in [0.717, 1.165) is 10.9 Å². The molecule has 0 N–H and O–H groups in total. The quantitative estimate of drug-likeness (QED) is 0.787. The van der Waals surface area contributed by atoms with Crippen LogP contribution >= 0.6 is 11.8 Å². The average Bonchev–Trinajstić information content (AvgIpc) is 2.95. The van der Waals surface area contributed by atoms with Gasteiger partial charge in [-0.05, 0) is 18.4 Å². The van der Waals surface area contributed by atoms with Gasteiger partial charge in [0.2, 0.25) is 0 Å². The zero-order valence-electron chi connectivity index (χ0n) is 11.0. The van der Waals surface area contributed by atoms with Crippen LogP contribution in [0.25, 0.3) is 0 Å². The van der Waals surface area contributed by atoms with Crippen LogP contribution < -0.4 is 0 Å². The molecule has 3 nitrogen and oxygen atoms in total. The summed E-state index contributed by atoms with van der Waals surface area (Å²) >= 11 is 1.79. The minimum Gasteiger partial charge on any atom is -0.306 e. The minimum absolute atomic E-state index is 0.613. The molecule has 0 aliphatic heterocycles. The topological polar surface area (TPSA) is 30.7 Å². The smallest absolute Gasteiger partial charge is 0.191 e. The van der Waals surface area contributed by atoms with Crippen LogP contribution in [-0.4, -0.2) is 14.8 Å². The normalized spacial score (nSPS) is 16.6. The summed E-state index contributed by atoms with van der Waals surface area (Å²) < 4.78 is 2.28. The predicted molar refractivity (Wildman–Crippen MR) is 78.1 cm³/mol. The first-order chi connectivity index (χ1) is 9.43. The summed E-state index contributed by atoms with van der Waals surface area (Å²) in [5.74, 6) is 0.965. The summed E-state index contributed by atoms with van der Waals surface area (Å²) in [6, 6.07) is 11.2. The van der Waals surface area contributed by atoms with Gasteiger partial charge in [-0.2, -0.15) is 0 Å². The molecular weight excluding hydrogens is 254 g/mol. The van der Waals surface area contributed by atoms with Gasteiger partial charge in [0.1, 0.15) is 6.33 Å². The molecule has 19 heavy (non-hydrogen) atoms. The van der Waals surface area contributed by atoms with Gasteiger partial charge in [0.05, 0.1) is 0 Å². The van der Waals surface area contributed by atoms with Crippen molar-refractivity contribution in [2.75, 3.05) is 0 Å². The highest BCUT2D eigenvalue weighted by atomic mass is 32.2. The first-order valence-corrected chi connectivity index (χ1v) is 7.98. The summed E-state index contributed by atoms with van der Waals surface area (Å²) in [6.07, 6.45) is 8.51. The van der Waals surface area contributed by atoms with Gasteiger partial charge in [0.15, 0.2) is 5.16 Å². The largest absolute Gasteiger partial charge is 0.306 e.